The van der Waals surface area contributed by atoms with E-state index in [1.165, 1.54) is 12.8 Å². The molecule has 1 aromatic carbocycles. The maximum Gasteiger partial charge on any atom is 0.213 e. The Balaban J connectivity index is 2.81. The molecule has 4 nitrogen and oxygen atoms in total. The van der Waals surface area contributed by atoms with Gasteiger partial charge in [0.05, 0.1) is 5.69 Å². The molecule has 0 aliphatic carbocycles. The van der Waals surface area contributed by atoms with Crippen LogP contribution in [0.4, 0.5) is 5.69 Å². The van der Waals surface area contributed by atoms with Crippen LogP contribution in [0, 0.1) is 0 Å². The average Bonchev–Trinajstić information content (AvgIpc) is 2.42. The van der Waals surface area contributed by atoms with E-state index < -0.39 is 0 Å². The Morgan fingerprint density at radius 1 is 1.26 bits per heavy atom. The minimum absolute atomic E-state index is 0.371. The number of nitrogens with zero attached hydrogens (tertiary/aromatic N) is 2. The molecule has 106 valence electrons. The molecule has 0 aliphatic rings. The van der Waals surface area contributed by atoms with Crippen molar-refractivity contribution in [3.05, 3.63) is 30.3 Å². The van der Waals surface area contributed by atoms with Crippen LogP contribution in [0.1, 0.15) is 40.0 Å². The summed E-state index contributed by atoms with van der Waals surface area (Å²) < 4.78 is 0. The first kappa shape index (κ1) is 15.5. The molecule has 0 aromatic heterocycles. The standard InChI is InChI=1S/C15H26N4/c1-4-5-9-12-19(13(2)3)15(18-16)17-14-10-7-6-8-11-14/h6-8,10-11,13H,4-5,9,12,16H2,1-3H3,(H,17,18). The number of hydrazine groups is 1. The molecule has 0 spiro atoms. The highest BCUT2D eigenvalue weighted by molar-refractivity contribution is 5.82. The van der Waals surface area contributed by atoms with E-state index in [0.29, 0.717) is 6.04 Å². The van der Waals surface area contributed by atoms with Gasteiger partial charge >= 0.3 is 0 Å². The Bertz CT molecular complexity index is 373. The highest BCUT2D eigenvalue weighted by Crippen LogP contribution is 2.12. The van der Waals surface area contributed by atoms with Crippen LogP contribution in [0.25, 0.3) is 0 Å². The van der Waals surface area contributed by atoms with Crippen molar-refractivity contribution in [2.45, 2.75) is 46.1 Å². The summed E-state index contributed by atoms with van der Waals surface area (Å²) in [5, 5.41) is 0. The number of hydrogen-bond donors (Lipinski definition) is 2. The summed E-state index contributed by atoms with van der Waals surface area (Å²) >= 11 is 0. The van der Waals surface area contributed by atoms with Gasteiger partial charge in [0.25, 0.3) is 0 Å². The first-order chi connectivity index (χ1) is 9.19. The topological polar surface area (TPSA) is 53.6 Å². The van der Waals surface area contributed by atoms with Gasteiger partial charge in [-0.1, -0.05) is 38.0 Å². The van der Waals surface area contributed by atoms with Gasteiger partial charge in [0.1, 0.15) is 0 Å². The minimum Gasteiger partial charge on any atom is -0.339 e. The molecule has 0 atom stereocenters. The predicted octanol–water partition coefficient (Wildman–Crippen LogP) is 3.04. The molecular weight excluding hydrogens is 236 g/mol. The highest BCUT2D eigenvalue weighted by atomic mass is 15.4. The maximum absolute atomic E-state index is 5.64. The fourth-order valence-electron chi connectivity index (χ4n) is 1.95. The van der Waals surface area contributed by atoms with Gasteiger partial charge < -0.3 is 4.90 Å². The molecule has 0 fully saturated rings. The zero-order chi connectivity index (χ0) is 14.1. The number of rotatable bonds is 6. The summed E-state index contributed by atoms with van der Waals surface area (Å²) in [6, 6.07) is 10.3. The number of para-hydroxylation sites is 1. The molecule has 0 unspecified atom stereocenters. The zero-order valence-electron chi connectivity index (χ0n) is 12.3. The average molecular weight is 262 g/mol. The molecule has 4 heteroatoms. The van der Waals surface area contributed by atoms with Crippen molar-refractivity contribution >= 4 is 11.6 Å². The second kappa shape index (κ2) is 8.53. The predicted molar refractivity (Wildman–Crippen MR) is 82.2 cm³/mol. The van der Waals surface area contributed by atoms with Crippen molar-refractivity contribution in [1.82, 2.24) is 10.3 Å². The maximum atomic E-state index is 5.64. The van der Waals surface area contributed by atoms with Crippen molar-refractivity contribution in [2.24, 2.45) is 10.8 Å². The van der Waals surface area contributed by atoms with E-state index in [1.54, 1.807) is 0 Å². The number of guanidine groups is 1. The first-order valence-corrected chi connectivity index (χ1v) is 7.06. The summed E-state index contributed by atoms with van der Waals surface area (Å²) in [5.41, 5.74) is 3.65. The molecule has 3 N–H and O–H groups in total. The fourth-order valence-corrected chi connectivity index (χ4v) is 1.95. The van der Waals surface area contributed by atoms with E-state index >= 15 is 0 Å². The molecule has 1 aromatic rings. The van der Waals surface area contributed by atoms with Crippen LogP contribution >= 0.6 is 0 Å². The van der Waals surface area contributed by atoms with Gasteiger partial charge in [0.2, 0.25) is 5.96 Å². The normalized spacial score (nSPS) is 11.7. The lowest BCUT2D eigenvalue weighted by molar-refractivity contribution is 0.329. The quantitative estimate of drug-likeness (QED) is 0.272. The SMILES string of the molecule is CCCCCN(C(=Nc1ccccc1)NN)C(C)C. The van der Waals surface area contributed by atoms with Crippen LogP contribution in [0.15, 0.2) is 35.3 Å². The molecule has 0 radical (unpaired) electrons. The lowest BCUT2D eigenvalue weighted by Gasteiger charge is -2.29. The largest absolute Gasteiger partial charge is 0.339 e. The van der Waals surface area contributed by atoms with Crippen LogP contribution < -0.4 is 11.3 Å². The summed E-state index contributed by atoms with van der Waals surface area (Å²) in [6.45, 7) is 7.49. The molecule has 0 amide bonds. The van der Waals surface area contributed by atoms with Crippen LogP contribution in [0.5, 0.6) is 0 Å². The number of aliphatic imine (C=N–C) groups is 1. The minimum atomic E-state index is 0.371. The lowest BCUT2D eigenvalue weighted by Crippen LogP contribution is -2.48. The monoisotopic (exact) mass is 262 g/mol. The van der Waals surface area contributed by atoms with E-state index in [4.69, 9.17) is 5.84 Å². The van der Waals surface area contributed by atoms with Gasteiger partial charge in [-0.3, -0.25) is 5.43 Å². The van der Waals surface area contributed by atoms with Crippen molar-refractivity contribution in [1.29, 1.82) is 0 Å². The molecule has 0 aliphatic heterocycles. The van der Waals surface area contributed by atoms with Crippen LogP contribution in [-0.4, -0.2) is 23.4 Å². The summed E-state index contributed by atoms with van der Waals surface area (Å²) in [7, 11) is 0. The molecule has 0 bridgehead atoms. The molecule has 0 saturated carbocycles. The van der Waals surface area contributed by atoms with Gasteiger partial charge in [-0.2, -0.15) is 0 Å². The fraction of sp³-hybridized carbons (Fsp3) is 0.533. The number of nitrogens with one attached hydrogen (secondary N) is 1. The first-order valence-electron chi connectivity index (χ1n) is 7.06. The van der Waals surface area contributed by atoms with E-state index in [0.717, 1.165) is 24.6 Å². The van der Waals surface area contributed by atoms with E-state index in [-0.39, 0.29) is 0 Å². The smallest absolute Gasteiger partial charge is 0.213 e. The second-order valence-corrected chi connectivity index (χ2v) is 4.91. The van der Waals surface area contributed by atoms with Gasteiger partial charge in [-0.15, -0.1) is 0 Å². The molecule has 19 heavy (non-hydrogen) atoms. The number of hydrogen-bond acceptors (Lipinski definition) is 2. The van der Waals surface area contributed by atoms with Crippen LogP contribution in [-0.2, 0) is 0 Å². The number of unbranched alkanes of at least 4 members (excludes halogenated alkanes) is 2. The molecular formula is C15H26N4. The molecule has 1 rings (SSSR count). The van der Waals surface area contributed by atoms with Gasteiger partial charge in [-0.05, 0) is 32.4 Å². The highest BCUT2D eigenvalue weighted by Gasteiger charge is 2.13. The number of benzene rings is 1. The third-order valence-electron chi connectivity index (χ3n) is 3.02. The van der Waals surface area contributed by atoms with Gasteiger partial charge in [-0.25, -0.2) is 10.8 Å². The van der Waals surface area contributed by atoms with Crippen molar-refractivity contribution in [3.63, 3.8) is 0 Å². The lowest BCUT2D eigenvalue weighted by atomic mass is 10.2. The molecule has 0 saturated heterocycles. The van der Waals surface area contributed by atoms with Crippen molar-refractivity contribution < 1.29 is 0 Å². The van der Waals surface area contributed by atoms with Gasteiger partial charge in [0, 0.05) is 12.6 Å². The summed E-state index contributed by atoms with van der Waals surface area (Å²) in [5.74, 6) is 6.37. The van der Waals surface area contributed by atoms with Crippen molar-refractivity contribution in [2.75, 3.05) is 6.54 Å². The van der Waals surface area contributed by atoms with Crippen molar-refractivity contribution in [3.8, 4) is 0 Å². The summed E-state index contributed by atoms with van der Waals surface area (Å²) in [4.78, 5) is 6.79. The second-order valence-electron chi connectivity index (χ2n) is 4.91. The Morgan fingerprint density at radius 2 is 1.95 bits per heavy atom. The van der Waals surface area contributed by atoms with Crippen LogP contribution in [0.3, 0.4) is 0 Å². The van der Waals surface area contributed by atoms with Crippen LogP contribution in [0.2, 0.25) is 0 Å². The third-order valence-corrected chi connectivity index (χ3v) is 3.02. The zero-order valence-corrected chi connectivity index (χ0v) is 12.3. The van der Waals surface area contributed by atoms with Gasteiger partial charge in [0.15, 0.2) is 0 Å². The molecule has 0 heterocycles. The Labute approximate surface area is 116 Å². The van der Waals surface area contributed by atoms with E-state index in [1.807, 2.05) is 30.3 Å². The van der Waals surface area contributed by atoms with E-state index in [2.05, 4.69) is 36.1 Å². The number of nitrogens with two attached hydrogens (primary N) is 1. The summed E-state index contributed by atoms with van der Waals surface area (Å²) in [6.07, 6.45) is 3.60. The Kier molecular flexibility index (Phi) is 6.97. The third kappa shape index (κ3) is 5.30. The Morgan fingerprint density at radius 3 is 2.47 bits per heavy atom. The Hall–Kier alpha value is -1.55. The van der Waals surface area contributed by atoms with E-state index in [9.17, 15) is 0 Å².